The zero-order valence-corrected chi connectivity index (χ0v) is 8.77. The summed E-state index contributed by atoms with van der Waals surface area (Å²) in [5, 5.41) is 0. The minimum atomic E-state index is -2.76. The van der Waals surface area contributed by atoms with Gasteiger partial charge in [-0.05, 0) is 17.7 Å². The van der Waals surface area contributed by atoms with E-state index in [-0.39, 0.29) is 11.8 Å². The summed E-state index contributed by atoms with van der Waals surface area (Å²) in [5.41, 5.74) is 6.73. The molecule has 5 heteroatoms. The third-order valence-electron chi connectivity index (χ3n) is 2.54. The van der Waals surface area contributed by atoms with E-state index in [0.717, 1.165) is 25.2 Å². The predicted molar refractivity (Wildman–Crippen MR) is 56.3 cm³/mol. The first-order valence-corrected chi connectivity index (χ1v) is 5.15. The smallest absolute Gasteiger partial charge is 0.387 e. The number of hydrogen-bond acceptors (Lipinski definition) is 3. The molecule has 1 fully saturated rings. The van der Waals surface area contributed by atoms with Crippen molar-refractivity contribution in [2.75, 3.05) is 13.1 Å². The van der Waals surface area contributed by atoms with Gasteiger partial charge >= 0.3 is 6.61 Å². The highest BCUT2D eigenvalue weighted by Crippen LogP contribution is 2.17. The molecule has 2 rings (SSSR count). The molecule has 3 nitrogen and oxygen atoms in total. The van der Waals surface area contributed by atoms with E-state index in [9.17, 15) is 8.78 Å². The SMILES string of the molecule is NC1CN(Cc2ccc(OC(F)F)cc2)C1. The average Bonchev–Trinajstić information content (AvgIpc) is 2.18. The monoisotopic (exact) mass is 228 g/mol. The molecular formula is C11H14F2N2O. The summed E-state index contributed by atoms with van der Waals surface area (Å²) in [6.45, 7) is -0.160. The van der Waals surface area contributed by atoms with Crippen LogP contribution in [0.5, 0.6) is 5.75 Å². The van der Waals surface area contributed by atoms with E-state index in [4.69, 9.17) is 5.73 Å². The first kappa shape index (κ1) is 11.3. The van der Waals surface area contributed by atoms with E-state index in [0.29, 0.717) is 0 Å². The fraction of sp³-hybridized carbons (Fsp3) is 0.455. The van der Waals surface area contributed by atoms with Crippen LogP contribution < -0.4 is 10.5 Å². The Morgan fingerprint density at radius 3 is 2.44 bits per heavy atom. The lowest BCUT2D eigenvalue weighted by Crippen LogP contribution is -2.54. The molecular weight excluding hydrogens is 214 g/mol. The highest BCUT2D eigenvalue weighted by molar-refractivity contribution is 5.27. The van der Waals surface area contributed by atoms with E-state index in [2.05, 4.69) is 9.64 Å². The van der Waals surface area contributed by atoms with Crippen molar-refractivity contribution < 1.29 is 13.5 Å². The second kappa shape index (κ2) is 4.76. The van der Waals surface area contributed by atoms with Gasteiger partial charge in [-0.1, -0.05) is 12.1 Å². The molecule has 1 aliphatic rings. The van der Waals surface area contributed by atoms with Gasteiger partial charge in [0.05, 0.1) is 0 Å². The van der Waals surface area contributed by atoms with Crippen molar-refractivity contribution in [3.05, 3.63) is 29.8 Å². The van der Waals surface area contributed by atoms with E-state index in [1.54, 1.807) is 24.3 Å². The zero-order chi connectivity index (χ0) is 11.5. The number of nitrogens with zero attached hydrogens (tertiary/aromatic N) is 1. The summed E-state index contributed by atoms with van der Waals surface area (Å²) >= 11 is 0. The zero-order valence-electron chi connectivity index (χ0n) is 8.77. The van der Waals surface area contributed by atoms with Crippen molar-refractivity contribution in [1.29, 1.82) is 0 Å². The minimum Gasteiger partial charge on any atom is -0.435 e. The lowest BCUT2D eigenvalue weighted by atomic mass is 10.1. The molecule has 0 bridgehead atoms. The van der Waals surface area contributed by atoms with E-state index >= 15 is 0 Å². The Kier molecular flexibility index (Phi) is 3.36. The standard InChI is InChI=1S/C11H14F2N2O/c12-11(13)16-10-3-1-8(2-4-10)5-15-6-9(14)7-15/h1-4,9,11H,5-7,14H2. The van der Waals surface area contributed by atoms with Gasteiger partial charge in [0.25, 0.3) is 0 Å². The molecule has 16 heavy (non-hydrogen) atoms. The molecule has 0 spiro atoms. The fourth-order valence-electron chi connectivity index (χ4n) is 1.77. The number of likely N-dealkylation sites (tertiary alicyclic amines) is 1. The van der Waals surface area contributed by atoms with Crippen LogP contribution >= 0.6 is 0 Å². The Morgan fingerprint density at radius 2 is 1.94 bits per heavy atom. The molecule has 0 aromatic heterocycles. The summed E-state index contributed by atoms with van der Waals surface area (Å²) in [7, 11) is 0. The molecule has 0 aliphatic carbocycles. The first-order chi connectivity index (χ1) is 7.63. The molecule has 0 radical (unpaired) electrons. The lowest BCUT2D eigenvalue weighted by molar-refractivity contribution is -0.0498. The van der Waals surface area contributed by atoms with Crippen molar-refractivity contribution in [2.24, 2.45) is 5.73 Å². The minimum absolute atomic E-state index is 0.194. The molecule has 0 unspecified atom stereocenters. The van der Waals surface area contributed by atoms with Gasteiger partial charge in [0, 0.05) is 25.7 Å². The Labute approximate surface area is 92.8 Å². The molecule has 1 aromatic carbocycles. The largest absolute Gasteiger partial charge is 0.435 e. The number of alkyl halides is 2. The van der Waals surface area contributed by atoms with Crippen molar-refractivity contribution >= 4 is 0 Å². The molecule has 0 amide bonds. The number of nitrogens with two attached hydrogens (primary N) is 1. The van der Waals surface area contributed by atoms with Gasteiger partial charge < -0.3 is 10.5 Å². The van der Waals surface area contributed by atoms with Crippen LogP contribution in [0.2, 0.25) is 0 Å². The molecule has 2 N–H and O–H groups in total. The Hall–Kier alpha value is -1.20. The maximum Gasteiger partial charge on any atom is 0.387 e. The van der Waals surface area contributed by atoms with Crippen molar-refractivity contribution in [2.45, 2.75) is 19.2 Å². The maximum atomic E-state index is 11.9. The van der Waals surface area contributed by atoms with Crippen LogP contribution in [0.1, 0.15) is 5.56 Å². The second-order valence-electron chi connectivity index (χ2n) is 3.98. The number of benzene rings is 1. The summed E-state index contributed by atoms with van der Waals surface area (Å²) in [5.74, 6) is 0.194. The van der Waals surface area contributed by atoms with E-state index in [1.165, 1.54) is 0 Å². The predicted octanol–water partition coefficient (Wildman–Crippen LogP) is 1.43. The van der Waals surface area contributed by atoms with Crippen molar-refractivity contribution in [3.8, 4) is 5.75 Å². The van der Waals surface area contributed by atoms with Gasteiger partial charge in [0.2, 0.25) is 0 Å². The normalized spacial score (nSPS) is 17.5. The van der Waals surface area contributed by atoms with E-state index in [1.807, 2.05) is 0 Å². The van der Waals surface area contributed by atoms with Gasteiger partial charge in [0.1, 0.15) is 5.75 Å². The van der Waals surface area contributed by atoms with Crippen LogP contribution in [0.4, 0.5) is 8.78 Å². The molecule has 1 heterocycles. The van der Waals surface area contributed by atoms with Crippen LogP contribution in [0.3, 0.4) is 0 Å². The number of halogens is 2. The van der Waals surface area contributed by atoms with Crippen LogP contribution in [0, 0.1) is 0 Å². The van der Waals surface area contributed by atoms with Crippen molar-refractivity contribution in [1.82, 2.24) is 4.90 Å². The summed E-state index contributed by atoms with van der Waals surface area (Å²) < 4.78 is 28.1. The van der Waals surface area contributed by atoms with Gasteiger partial charge in [-0.25, -0.2) is 0 Å². The van der Waals surface area contributed by atoms with Crippen LogP contribution in [-0.4, -0.2) is 30.6 Å². The summed E-state index contributed by atoms with van der Waals surface area (Å²) in [4.78, 5) is 2.20. The Morgan fingerprint density at radius 1 is 1.31 bits per heavy atom. The quantitative estimate of drug-likeness (QED) is 0.847. The molecule has 0 atom stereocenters. The van der Waals surface area contributed by atoms with Gasteiger partial charge in [-0.15, -0.1) is 0 Å². The summed E-state index contributed by atoms with van der Waals surface area (Å²) in [6, 6.07) is 6.98. The third-order valence-corrected chi connectivity index (χ3v) is 2.54. The van der Waals surface area contributed by atoms with Crippen LogP contribution in [-0.2, 0) is 6.54 Å². The second-order valence-corrected chi connectivity index (χ2v) is 3.98. The molecule has 1 saturated heterocycles. The third kappa shape index (κ3) is 2.90. The Balaban J connectivity index is 1.87. The van der Waals surface area contributed by atoms with Gasteiger partial charge in [-0.2, -0.15) is 8.78 Å². The topological polar surface area (TPSA) is 38.5 Å². The van der Waals surface area contributed by atoms with Crippen molar-refractivity contribution in [3.63, 3.8) is 0 Å². The highest BCUT2D eigenvalue weighted by atomic mass is 19.3. The number of rotatable bonds is 4. The average molecular weight is 228 g/mol. The fourth-order valence-corrected chi connectivity index (χ4v) is 1.77. The first-order valence-electron chi connectivity index (χ1n) is 5.15. The number of ether oxygens (including phenoxy) is 1. The molecule has 1 aromatic rings. The summed E-state index contributed by atoms with van der Waals surface area (Å²) in [6.07, 6.45) is 0. The van der Waals surface area contributed by atoms with Crippen LogP contribution in [0.25, 0.3) is 0 Å². The number of hydrogen-bond donors (Lipinski definition) is 1. The Bertz CT molecular complexity index is 336. The lowest BCUT2D eigenvalue weighted by Gasteiger charge is -2.36. The maximum absolute atomic E-state index is 11.9. The molecule has 88 valence electrons. The van der Waals surface area contributed by atoms with Gasteiger partial charge in [-0.3, -0.25) is 4.90 Å². The van der Waals surface area contributed by atoms with Crippen LogP contribution in [0.15, 0.2) is 24.3 Å². The van der Waals surface area contributed by atoms with Gasteiger partial charge in [0.15, 0.2) is 0 Å². The van der Waals surface area contributed by atoms with E-state index < -0.39 is 6.61 Å². The molecule has 1 aliphatic heterocycles. The molecule has 0 saturated carbocycles. The highest BCUT2D eigenvalue weighted by Gasteiger charge is 2.22.